The predicted molar refractivity (Wildman–Crippen MR) is 132 cm³/mol. The average molecular weight is 473 g/mol. The molecule has 10 unspecified atom stereocenters. The Labute approximate surface area is 206 Å². The van der Waals surface area contributed by atoms with Crippen molar-refractivity contribution in [2.24, 2.45) is 50.2 Å². The Morgan fingerprint density at radius 3 is 2.12 bits per heavy atom. The number of aliphatic hydroxyl groups is 2. The van der Waals surface area contributed by atoms with Crippen LogP contribution in [-0.4, -0.2) is 34.0 Å². The van der Waals surface area contributed by atoms with Crippen molar-refractivity contribution in [2.45, 2.75) is 130 Å². The molecule has 192 valence electrons. The summed E-state index contributed by atoms with van der Waals surface area (Å²) >= 11 is 0. The van der Waals surface area contributed by atoms with Crippen LogP contribution >= 0.6 is 0 Å². The van der Waals surface area contributed by atoms with Gasteiger partial charge in [0.25, 0.3) is 0 Å². The topological polar surface area (TPSA) is 66.8 Å². The number of esters is 1. The average Bonchev–Trinajstić information content (AvgIpc) is 2.93. The number of carbonyl (C=O) groups is 1. The second-order valence-corrected chi connectivity index (χ2v) is 15.8. The number of carbonyl (C=O) groups excluding carboxylic acids is 1. The van der Waals surface area contributed by atoms with Crippen LogP contribution in [0.5, 0.6) is 0 Å². The van der Waals surface area contributed by atoms with Gasteiger partial charge >= 0.3 is 5.97 Å². The maximum atomic E-state index is 13.7. The maximum Gasteiger partial charge on any atom is 0.315 e. The predicted octanol–water partition coefficient (Wildman–Crippen LogP) is 5.88. The van der Waals surface area contributed by atoms with Crippen LogP contribution in [0.3, 0.4) is 0 Å². The lowest BCUT2D eigenvalue weighted by atomic mass is 9.30. The molecule has 1 spiro atoms. The van der Waals surface area contributed by atoms with Gasteiger partial charge in [0.1, 0.15) is 11.0 Å². The van der Waals surface area contributed by atoms with E-state index in [4.69, 9.17) is 4.74 Å². The largest absolute Gasteiger partial charge is 0.458 e. The fourth-order valence-corrected chi connectivity index (χ4v) is 11.9. The molecule has 0 aromatic rings. The molecule has 0 aromatic carbocycles. The molecule has 0 radical (unpaired) electrons. The molecule has 6 fully saturated rings. The van der Waals surface area contributed by atoms with Gasteiger partial charge in [0, 0.05) is 11.3 Å². The number of fused-ring (bicyclic) bond motifs is 4. The third-order valence-corrected chi connectivity index (χ3v) is 14.0. The summed E-state index contributed by atoms with van der Waals surface area (Å²) < 4.78 is 6.68. The standard InChI is InChI=1S/C30H48O4/c1-24(2)14-15-29-20(16-24)30(34-23(29)33)13-9-19-26(5)11-10-21(31)25(3,4)18(26)8-12-27(19,6)28(30,7)17-22(29)32/h18-22,31-32H,8-17H2,1-7H3. The van der Waals surface area contributed by atoms with E-state index < -0.39 is 17.1 Å². The van der Waals surface area contributed by atoms with Gasteiger partial charge in [0.15, 0.2) is 0 Å². The van der Waals surface area contributed by atoms with Gasteiger partial charge in [-0.3, -0.25) is 4.79 Å². The van der Waals surface area contributed by atoms with E-state index in [1.807, 2.05) is 0 Å². The van der Waals surface area contributed by atoms with Crippen LogP contribution in [-0.2, 0) is 9.53 Å². The van der Waals surface area contributed by atoms with Crippen LogP contribution in [0.4, 0.5) is 0 Å². The van der Waals surface area contributed by atoms with Crippen molar-refractivity contribution in [1.82, 2.24) is 0 Å². The van der Waals surface area contributed by atoms with Crippen LogP contribution in [0.15, 0.2) is 0 Å². The highest BCUT2D eigenvalue weighted by Crippen LogP contribution is 2.80. The van der Waals surface area contributed by atoms with Crippen LogP contribution < -0.4 is 0 Å². The third-order valence-electron chi connectivity index (χ3n) is 14.0. The summed E-state index contributed by atoms with van der Waals surface area (Å²) in [6, 6.07) is 0. The number of hydrogen-bond donors (Lipinski definition) is 2. The third kappa shape index (κ3) is 2.34. The summed E-state index contributed by atoms with van der Waals surface area (Å²) in [5.41, 5.74) is -1.07. The Hall–Kier alpha value is -0.610. The minimum atomic E-state index is -0.684. The zero-order chi connectivity index (χ0) is 24.7. The molecular weight excluding hydrogens is 424 g/mol. The Bertz CT molecular complexity index is 925. The number of hydrogen-bond acceptors (Lipinski definition) is 4. The molecule has 0 amide bonds. The molecule has 4 heteroatoms. The van der Waals surface area contributed by atoms with Crippen LogP contribution in [0.25, 0.3) is 0 Å². The highest BCUT2D eigenvalue weighted by Gasteiger charge is 2.83. The van der Waals surface area contributed by atoms with Gasteiger partial charge < -0.3 is 14.9 Å². The van der Waals surface area contributed by atoms with Gasteiger partial charge in [-0.2, -0.15) is 0 Å². The molecule has 10 atom stereocenters. The van der Waals surface area contributed by atoms with Gasteiger partial charge in [-0.05, 0) is 97.7 Å². The number of ether oxygens (including phenoxy) is 1. The van der Waals surface area contributed by atoms with Crippen molar-refractivity contribution in [3.63, 3.8) is 0 Å². The first-order valence-electron chi connectivity index (χ1n) is 14.2. The second kappa shape index (κ2) is 6.44. The molecule has 1 saturated heterocycles. The van der Waals surface area contributed by atoms with E-state index in [2.05, 4.69) is 48.5 Å². The monoisotopic (exact) mass is 472 g/mol. The van der Waals surface area contributed by atoms with Crippen molar-refractivity contribution in [1.29, 1.82) is 0 Å². The Morgan fingerprint density at radius 1 is 0.735 bits per heavy atom. The summed E-state index contributed by atoms with van der Waals surface area (Å²) in [5.74, 6) is 1.06. The van der Waals surface area contributed by atoms with Crippen molar-refractivity contribution in [3.8, 4) is 0 Å². The second-order valence-electron chi connectivity index (χ2n) is 15.8. The van der Waals surface area contributed by atoms with Gasteiger partial charge in [0.05, 0.1) is 12.2 Å². The van der Waals surface area contributed by atoms with E-state index >= 15 is 0 Å². The van der Waals surface area contributed by atoms with Crippen molar-refractivity contribution in [3.05, 3.63) is 0 Å². The SMILES string of the molecule is CC1(C)CCC23C(=O)OC4(CCC5C6(C)CCC(O)C(C)(C)C6CCC5(C)C4(C)CC2O)C3C1. The summed E-state index contributed by atoms with van der Waals surface area (Å²) in [6.45, 7) is 16.7. The molecule has 34 heavy (non-hydrogen) atoms. The lowest BCUT2D eigenvalue weighted by Crippen LogP contribution is -2.73. The van der Waals surface area contributed by atoms with Gasteiger partial charge in [-0.25, -0.2) is 0 Å². The molecule has 6 aliphatic rings. The molecular formula is C30H48O4. The molecule has 1 aliphatic heterocycles. The molecule has 4 nitrogen and oxygen atoms in total. The van der Waals surface area contributed by atoms with Crippen molar-refractivity contribution in [2.75, 3.05) is 0 Å². The fraction of sp³-hybridized carbons (Fsp3) is 0.967. The van der Waals surface area contributed by atoms with Gasteiger partial charge in [-0.1, -0.05) is 48.5 Å². The van der Waals surface area contributed by atoms with Crippen molar-refractivity contribution >= 4 is 5.97 Å². The maximum absolute atomic E-state index is 13.7. The molecule has 0 aromatic heterocycles. The number of rotatable bonds is 0. The molecule has 5 saturated carbocycles. The first-order valence-corrected chi connectivity index (χ1v) is 14.2. The first-order chi connectivity index (χ1) is 15.6. The molecule has 2 N–H and O–H groups in total. The zero-order valence-corrected chi connectivity index (χ0v) is 22.7. The first kappa shape index (κ1) is 23.8. The Kier molecular flexibility index (Phi) is 4.50. The van der Waals surface area contributed by atoms with Crippen molar-refractivity contribution < 1.29 is 19.7 Å². The lowest BCUT2D eigenvalue weighted by Gasteiger charge is -2.74. The van der Waals surface area contributed by atoms with Crippen LogP contribution in [0.2, 0.25) is 0 Å². The smallest absolute Gasteiger partial charge is 0.315 e. The van der Waals surface area contributed by atoms with E-state index in [1.165, 1.54) is 0 Å². The van der Waals surface area contributed by atoms with Gasteiger partial charge in [0.2, 0.25) is 0 Å². The van der Waals surface area contributed by atoms with E-state index in [1.54, 1.807) is 0 Å². The minimum absolute atomic E-state index is 0.00816. The van der Waals surface area contributed by atoms with Crippen LogP contribution in [0.1, 0.15) is 113 Å². The molecule has 1 heterocycles. The molecule has 6 rings (SSSR count). The van der Waals surface area contributed by atoms with E-state index in [-0.39, 0.29) is 45.1 Å². The zero-order valence-electron chi connectivity index (χ0n) is 22.7. The Balaban J connectivity index is 1.48. The Morgan fingerprint density at radius 2 is 1.41 bits per heavy atom. The summed E-state index contributed by atoms with van der Waals surface area (Å²) in [7, 11) is 0. The molecule has 5 aliphatic carbocycles. The van der Waals surface area contributed by atoms with E-state index in [9.17, 15) is 15.0 Å². The summed E-state index contributed by atoms with van der Waals surface area (Å²) in [6.07, 6.45) is 8.81. The summed E-state index contributed by atoms with van der Waals surface area (Å²) in [5, 5.41) is 22.7. The highest BCUT2D eigenvalue weighted by atomic mass is 16.6. The normalized spacial score (nSPS) is 59.2. The fourth-order valence-electron chi connectivity index (χ4n) is 11.9. The summed E-state index contributed by atoms with van der Waals surface area (Å²) in [4.78, 5) is 13.7. The lowest BCUT2D eigenvalue weighted by molar-refractivity contribution is -0.297. The highest BCUT2D eigenvalue weighted by molar-refractivity contribution is 5.82. The van der Waals surface area contributed by atoms with E-state index in [0.29, 0.717) is 18.3 Å². The quantitative estimate of drug-likeness (QED) is 0.432. The number of aliphatic hydroxyl groups excluding tert-OH is 2. The van der Waals surface area contributed by atoms with Gasteiger partial charge in [-0.15, -0.1) is 0 Å². The van der Waals surface area contributed by atoms with E-state index in [0.717, 1.165) is 57.8 Å². The van der Waals surface area contributed by atoms with Crippen LogP contribution in [0, 0.1) is 50.2 Å². The molecule has 2 bridgehead atoms. The minimum Gasteiger partial charge on any atom is -0.458 e.